The molecule has 0 unspecified atom stereocenters. The lowest BCUT2D eigenvalue weighted by molar-refractivity contribution is 0.0468. The number of nitrogens with one attached hydrogen (secondary N) is 1. The van der Waals surface area contributed by atoms with E-state index < -0.39 is 0 Å². The Morgan fingerprint density at radius 3 is 2.86 bits per heavy atom. The molecule has 8 heteroatoms. The second-order valence-corrected chi connectivity index (χ2v) is 8.21. The molecule has 1 aliphatic carbocycles. The van der Waals surface area contributed by atoms with Crippen molar-refractivity contribution in [2.75, 3.05) is 11.1 Å². The summed E-state index contributed by atoms with van der Waals surface area (Å²) in [5, 5.41) is 3.13. The number of fused-ring (bicyclic) bond motifs is 1. The highest BCUT2D eigenvalue weighted by Crippen LogP contribution is 2.29. The summed E-state index contributed by atoms with van der Waals surface area (Å²) in [5.41, 5.74) is 9.02. The molecule has 0 fully saturated rings. The van der Waals surface area contributed by atoms with Crippen LogP contribution in [-0.4, -0.2) is 20.9 Å². The van der Waals surface area contributed by atoms with Gasteiger partial charge in [0.05, 0.1) is 0 Å². The number of nitrogen functional groups attached to an aromatic ring is 1. The van der Waals surface area contributed by atoms with E-state index in [1.807, 2.05) is 37.3 Å². The zero-order valence-electron chi connectivity index (χ0n) is 16.3. The second-order valence-electron chi connectivity index (χ2n) is 7.07. The van der Waals surface area contributed by atoms with Crippen LogP contribution in [0.4, 0.5) is 17.6 Å². The number of aryl methyl sites for hydroxylation is 3. The van der Waals surface area contributed by atoms with Crippen LogP contribution in [0.1, 0.15) is 50.8 Å². The van der Waals surface area contributed by atoms with Crippen molar-refractivity contribution in [3.8, 4) is 0 Å². The number of para-hydroxylation sites is 1. The van der Waals surface area contributed by atoms with Gasteiger partial charge in [-0.15, -0.1) is 11.3 Å². The number of hydrogen-bond acceptors (Lipinski definition) is 8. The summed E-state index contributed by atoms with van der Waals surface area (Å²) >= 11 is 1.54. The van der Waals surface area contributed by atoms with Crippen LogP contribution in [0.25, 0.3) is 0 Å². The summed E-state index contributed by atoms with van der Waals surface area (Å²) in [7, 11) is 0. The molecule has 0 bridgehead atoms. The molecule has 29 heavy (non-hydrogen) atoms. The minimum absolute atomic E-state index is 0.0590. The number of ether oxygens (including phenoxy) is 1. The number of benzene rings is 1. The first-order chi connectivity index (χ1) is 14.1. The van der Waals surface area contributed by atoms with Crippen LogP contribution in [0.2, 0.25) is 0 Å². The van der Waals surface area contributed by atoms with E-state index >= 15 is 0 Å². The highest BCUT2D eigenvalue weighted by Gasteiger charge is 2.18. The fourth-order valence-corrected chi connectivity index (χ4v) is 4.51. The molecule has 1 aliphatic rings. The van der Waals surface area contributed by atoms with Gasteiger partial charge in [0.25, 0.3) is 0 Å². The smallest absolute Gasteiger partial charge is 0.348 e. The molecule has 2 heterocycles. The number of nitrogens with zero attached hydrogens (tertiary/aromatic N) is 3. The van der Waals surface area contributed by atoms with Gasteiger partial charge in [-0.3, -0.25) is 0 Å². The van der Waals surface area contributed by atoms with Crippen LogP contribution in [0.15, 0.2) is 30.3 Å². The number of nitrogens with two attached hydrogens (primary N) is 1. The predicted octanol–water partition coefficient (Wildman–Crippen LogP) is 4.19. The van der Waals surface area contributed by atoms with Gasteiger partial charge in [-0.05, 0) is 55.9 Å². The van der Waals surface area contributed by atoms with Gasteiger partial charge in [0, 0.05) is 10.6 Å². The average Bonchev–Trinajstić information content (AvgIpc) is 2.98. The molecular weight excluding hydrogens is 386 g/mol. The Morgan fingerprint density at radius 2 is 2.00 bits per heavy atom. The van der Waals surface area contributed by atoms with E-state index in [1.165, 1.54) is 41.0 Å². The fraction of sp³-hybridized carbons (Fsp3) is 0.333. The molecule has 0 atom stereocenters. The third-order valence-electron chi connectivity index (χ3n) is 4.87. The zero-order chi connectivity index (χ0) is 20.2. The highest BCUT2D eigenvalue weighted by atomic mass is 32.1. The molecule has 0 saturated heterocycles. The molecular formula is C21H23N5O2S. The number of carbonyl (C=O) groups is 1. The molecule has 0 amide bonds. The van der Waals surface area contributed by atoms with E-state index in [1.54, 1.807) is 0 Å². The molecule has 3 aromatic rings. The van der Waals surface area contributed by atoms with Crippen molar-refractivity contribution in [3.05, 3.63) is 57.0 Å². The van der Waals surface area contributed by atoms with Crippen LogP contribution in [0.5, 0.6) is 0 Å². The Hall–Kier alpha value is -3.00. The maximum atomic E-state index is 12.5. The van der Waals surface area contributed by atoms with E-state index in [2.05, 4.69) is 20.3 Å². The summed E-state index contributed by atoms with van der Waals surface area (Å²) < 4.78 is 5.44. The van der Waals surface area contributed by atoms with Crippen molar-refractivity contribution in [3.63, 3.8) is 0 Å². The average molecular weight is 410 g/mol. The van der Waals surface area contributed by atoms with Crippen molar-refractivity contribution >= 4 is 34.9 Å². The first kappa shape index (κ1) is 19.3. The van der Waals surface area contributed by atoms with Gasteiger partial charge in [0.1, 0.15) is 4.88 Å². The molecule has 0 spiro atoms. The molecule has 0 radical (unpaired) electrons. The number of hydrogen-bond donors (Lipinski definition) is 2. The number of rotatable bonds is 5. The van der Waals surface area contributed by atoms with Gasteiger partial charge < -0.3 is 15.8 Å². The number of carbonyl (C=O) groups excluding carboxylic acids is 1. The zero-order valence-corrected chi connectivity index (χ0v) is 17.1. The van der Waals surface area contributed by atoms with E-state index in [0.717, 1.165) is 24.1 Å². The molecule has 4 rings (SSSR count). The van der Waals surface area contributed by atoms with Gasteiger partial charge in [-0.25, -0.2) is 4.79 Å². The monoisotopic (exact) mass is 409 g/mol. The Bertz CT molecular complexity index is 1010. The van der Waals surface area contributed by atoms with E-state index in [4.69, 9.17) is 10.5 Å². The van der Waals surface area contributed by atoms with E-state index in [0.29, 0.717) is 16.6 Å². The van der Waals surface area contributed by atoms with Crippen molar-refractivity contribution in [1.29, 1.82) is 0 Å². The van der Waals surface area contributed by atoms with Crippen molar-refractivity contribution < 1.29 is 9.53 Å². The lowest BCUT2D eigenvalue weighted by Gasteiger charge is -2.09. The second kappa shape index (κ2) is 8.57. The fourth-order valence-electron chi connectivity index (χ4n) is 3.36. The van der Waals surface area contributed by atoms with Crippen molar-refractivity contribution in [2.24, 2.45) is 0 Å². The van der Waals surface area contributed by atoms with Crippen LogP contribution in [0, 0.1) is 6.92 Å². The number of aromatic nitrogens is 3. The molecule has 7 nitrogen and oxygen atoms in total. The molecule has 2 aromatic heterocycles. The third-order valence-corrected chi connectivity index (χ3v) is 6.09. The summed E-state index contributed by atoms with van der Waals surface area (Å²) in [6, 6.07) is 9.76. The van der Waals surface area contributed by atoms with Gasteiger partial charge in [0.15, 0.2) is 12.4 Å². The largest absolute Gasteiger partial charge is 0.453 e. The quantitative estimate of drug-likeness (QED) is 0.481. The topological polar surface area (TPSA) is 103 Å². The number of anilines is 3. The van der Waals surface area contributed by atoms with Gasteiger partial charge in [-0.1, -0.05) is 24.6 Å². The van der Waals surface area contributed by atoms with Crippen LogP contribution in [0.3, 0.4) is 0 Å². The normalized spacial score (nSPS) is 13.4. The maximum absolute atomic E-state index is 12.5. The molecule has 1 aromatic carbocycles. The summed E-state index contributed by atoms with van der Waals surface area (Å²) in [6.45, 7) is 1.93. The van der Waals surface area contributed by atoms with Gasteiger partial charge in [-0.2, -0.15) is 15.0 Å². The molecule has 0 aliphatic heterocycles. The lowest BCUT2D eigenvalue weighted by atomic mass is 10.1. The van der Waals surface area contributed by atoms with Crippen LogP contribution in [-0.2, 0) is 24.2 Å². The predicted molar refractivity (Wildman–Crippen MR) is 113 cm³/mol. The Balaban J connectivity index is 1.44. The Kier molecular flexibility index (Phi) is 5.71. The summed E-state index contributed by atoms with van der Waals surface area (Å²) in [6.07, 6.45) is 5.70. The molecule has 150 valence electrons. The van der Waals surface area contributed by atoms with Crippen molar-refractivity contribution in [1.82, 2.24) is 15.0 Å². The third kappa shape index (κ3) is 4.71. The first-order valence-electron chi connectivity index (χ1n) is 9.70. The first-order valence-corrected chi connectivity index (χ1v) is 10.5. The van der Waals surface area contributed by atoms with Crippen LogP contribution < -0.4 is 11.1 Å². The Morgan fingerprint density at radius 1 is 1.17 bits per heavy atom. The minimum Gasteiger partial charge on any atom is -0.453 e. The van der Waals surface area contributed by atoms with E-state index in [9.17, 15) is 4.79 Å². The highest BCUT2D eigenvalue weighted by molar-refractivity contribution is 7.14. The van der Waals surface area contributed by atoms with Crippen LogP contribution >= 0.6 is 11.3 Å². The summed E-state index contributed by atoms with van der Waals surface area (Å²) in [5.74, 6) is 0.348. The SMILES string of the molecule is Cc1ccccc1Nc1nc(N)nc(COC(=O)c2cc3c(s2)CCCCC3)n1. The van der Waals surface area contributed by atoms with Crippen molar-refractivity contribution in [2.45, 2.75) is 45.6 Å². The number of esters is 1. The van der Waals surface area contributed by atoms with E-state index in [-0.39, 0.29) is 18.5 Å². The minimum atomic E-state index is -0.351. The summed E-state index contributed by atoms with van der Waals surface area (Å²) in [4.78, 5) is 27.0. The molecule has 3 N–H and O–H groups in total. The van der Waals surface area contributed by atoms with Gasteiger partial charge >= 0.3 is 5.97 Å². The molecule has 0 saturated carbocycles. The maximum Gasteiger partial charge on any atom is 0.348 e. The Labute approximate surface area is 173 Å². The number of thiophene rings is 1. The lowest BCUT2D eigenvalue weighted by Crippen LogP contribution is -2.11. The van der Waals surface area contributed by atoms with Gasteiger partial charge in [0.2, 0.25) is 11.9 Å². The standard InChI is InChI=1S/C21H23N5O2S/c1-13-7-5-6-9-15(13)23-21-25-18(24-20(22)26-21)12-28-19(27)17-11-14-8-3-2-4-10-16(14)29-17/h5-7,9,11H,2-4,8,10,12H2,1H3,(H3,22,23,24,25,26).